The summed E-state index contributed by atoms with van der Waals surface area (Å²) < 4.78 is 0. The molecule has 0 aliphatic heterocycles. The van der Waals surface area contributed by atoms with Crippen LogP contribution in [0.25, 0.3) is 11.6 Å². The molecule has 2 rings (SSSR count). The minimum atomic E-state index is 0.566. The summed E-state index contributed by atoms with van der Waals surface area (Å²) in [4.78, 5) is 4.19. The van der Waals surface area contributed by atoms with Gasteiger partial charge < -0.3 is 0 Å². The summed E-state index contributed by atoms with van der Waals surface area (Å²) in [5, 5.41) is 9.20. The van der Waals surface area contributed by atoms with E-state index in [4.69, 9.17) is 0 Å². The first-order valence-electron chi connectivity index (χ1n) is 5.75. The molecule has 0 atom stereocenters. The summed E-state index contributed by atoms with van der Waals surface area (Å²) in [6.45, 7) is 3.86. The second kappa shape index (κ2) is 5.79. The van der Waals surface area contributed by atoms with Crippen molar-refractivity contribution in [2.24, 2.45) is 0 Å². The van der Waals surface area contributed by atoms with Gasteiger partial charge >= 0.3 is 0 Å². The summed E-state index contributed by atoms with van der Waals surface area (Å²) in [5.41, 5.74) is 3.41. The number of benzene rings is 1. The van der Waals surface area contributed by atoms with Crippen LogP contribution in [0.15, 0.2) is 48.7 Å². The lowest BCUT2D eigenvalue weighted by Gasteiger charge is -2.00. The molecule has 87 valence electrons. The van der Waals surface area contributed by atoms with Crippen molar-refractivity contribution in [1.29, 1.82) is 5.26 Å². The van der Waals surface area contributed by atoms with Crippen molar-refractivity contribution in [3.05, 3.63) is 72.4 Å². The van der Waals surface area contributed by atoms with E-state index in [9.17, 15) is 5.26 Å². The van der Waals surface area contributed by atoms with Crippen LogP contribution in [0.5, 0.6) is 0 Å². The summed E-state index contributed by atoms with van der Waals surface area (Å²) in [6, 6.07) is 15.7. The Bertz CT molecular complexity index is 592. The topological polar surface area (TPSA) is 36.7 Å². The van der Waals surface area contributed by atoms with Crippen LogP contribution in [-0.2, 0) is 6.42 Å². The minimum absolute atomic E-state index is 0.566. The number of allylic oxidation sites excluding steroid dienone is 1. The third kappa shape index (κ3) is 2.83. The summed E-state index contributed by atoms with van der Waals surface area (Å²) in [7, 11) is 0. The van der Waals surface area contributed by atoms with Crippen LogP contribution in [0.2, 0.25) is 0 Å². The fraction of sp³-hybridized carbons (Fsp3) is 0.0625. The van der Waals surface area contributed by atoms with Crippen molar-refractivity contribution in [2.45, 2.75) is 6.42 Å². The highest BCUT2D eigenvalue weighted by Gasteiger charge is 2.01. The quantitative estimate of drug-likeness (QED) is 0.760. The first-order chi connectivity index (χ1) is 8.83. The number of nitriles is 1. The lowest BCUT2D eigenvalue weighted by atomic mass is 10.1. The third-order valence-electron chi connectivity index (χ3n) is 2.61. The fourth-order valence-corrected chi connectivity index (χ4v) is 1.69. The van der Waals surface area contributed by atoms with Crippen LogP contribution in [0, 0.1) is 18.3 Å². The van der Waals surface area contributed by atoms with E-state index in [1.165, 1.54) is 0 Å². The number of aromatic nitrogens is 1. The van der Waals surface area contributed by atoms with Crippen LogP contribution in [0.4, 0.5) is 0 Å². The minimum Gasteiger partial charge on any atom is -0.256 e. The molecule has 0 amide bonds. The van der Waals surface area contributed by atoms with E-state index < -0.39 is 0 Å². The van der Waals surface area contributed by atoms with Crippen molar-refractivity contribution in [2.75, 3.05) is 0 Å². The van der Waals surface area contributed by atoms with Gasteiger partial charge in [0.2, 0.25) is 0 Å². The Hall–Kier alpha value is -2.40. The predicted molar refractivity (Wildman–Crippen MR) is 73.2 cm³/mol. The van der Waals surface area contributed by atoms with Crippen molar-refractivity contribution in [1.82, 2.24) is 4.98 Å². The van der Waals surface area contributed by atoms with Crippen molar-refractivity contribution >= 4 is 11.6 Å². The van der Waals surface area contributed by atoms with Gasteiger partial charge in [-0.3, -0.25) is 4.98 Å². The van der Waals surface area contributed by atoms with Crippen molar-refractivity contribution < 1.29 is 0 Å². The molecule has 1 aromatic carbocycles. The van der Waals surface area contributed by atoms with Crippen LogP contribution in [0.1, 0.15) is 16.8 Å². The molecule has 1 aromatic heterocycles. The molecule has 0 spiro atoms. The Kier molecular flexibility index (Phi) is 3.88. The molecular formula is C16H13N2. The molecule has 0 N–H and O–H groups in total. The SMILES string of the molecule is [CH2]Cc1cccc(C=C(C#N)c2ccccn2)c1. The molecule has 18 heavy (non-hydrogen) atoms. The second-order valence-corrected chi connectivity index (χ2v) is 3.88. The zero-order valence-corrected chi connectivity index (χ0v) is 10.0. The lowest BCUT2D eigenvalue weighted by molar-refractivity contribution is 1.27. The van der Waals surface area contributed by atoms with Gasteiger partial charge in [-0.05, 0) is 42.7 Å². The predicted octanol–water partition coefficient (Wildman–Crippen LogP) is 3.52. The van der Waals surface area contributed by atoms with Crippen LogP contribution >= 0.6 is 0 Å². The molecule has 0 aliphatic rings. The molecule has 0 saturated carbocycles. The van der Waals surface area contributed by atoms with Crippen LogP contribution < -0.4 is 0 Å². The van der Waals surface area contributed by atoms with Gasteiger partial charge in [-0.2, -0.15) is 5.26 Å². The van der Waals surface area contributed by atoms with E-state index in [1.807, 2.05) is 48.5 Å². The standard InChI is InChI=1S/C16H13N2/c1-2-13-6-5-7-14(10-13)11-15(12-17)16-8-3-4-9-18-16/h3-11H,1-2H2. The Morgan fingerprint density at radius 2 is 2.17 bits per heavy atom. The van der Waals surface area contributed by atoms with Gasteiger partial charge in [0, 0.05) is 6.20 Å². The molecule has 2 nitrogen and oxygen atoms in total. The zero-order valence-electron chi connectivity index (χ0n) is 10.0. The Balaban J connectivity index is 2.39. The van der Waals surface area contributed by atoms with Crippen molar-refractivity contribution in [3.8, 4) is 6.07 Å². The number of pyridine rings is 1. The van der Waals surface area contributed by atoms with Crippen molar-refractivity contribution in [3.63, 3.8) is 0 Å². The van der Waals surface area contributed by atoms with Gasteiger partial charge in [0.25, 0.3) is 0 Å². The maximum atomic E-state index is 9.20. The molecule has 1 heterocycles. The summed E-state index contributed by atoms with van der Waals surface area (Å²) in [6.07, 6.45) is 4.28. The molecular weight excluding hydrogens is 220 g/mol. The monoisotopic (exact) mass is 233 g/mol. The van der Waals surface area contributed by atoms with E-state index in [0.29, 0.717) is 11.3 Å². The number of nitrogens with zero attached hydrogens (tertiary/aromatic N) is 2. The molecule has 2 aromatic rings. The molecule has 1 radical (unpaired) electrons. The average Bonchev–Trinajstić information content (AvgIpc) is 2.46. The smallest absolute Gasteiger partial charge is 0.101 e. The van der Waals surface area contributed by atoms with Gasteiger partial charge in [-0.15, -0.1) is 0 Å². The van der Waals surface area contributed by atoms with Gasteiger partial charge in [0.05, 0.1) is 11.3 Å². The Morgan fingerprint density at radius 1 is 1.28 bits per heavy atom. The third-order valence-corrected chi connectivity index (χ3v) is 2.61. The average molecular weight is 233 g/mol. The van der Waals surface area contributed by atoms with Crippen LogP contribution in [0.3, 0.4) is 0 Å². The first kappa shape index (κ1) is 12.1. The zero-order chi connectivity index (χ0) is 12.8. The van der Waals surface area contributed by atoms with Gasteiger partial charge in [-0.25, -0.2) is 0 Å². The highest BCUT2D eigenvalue weighted by molar-refractivity contribution is 5.88. The highest BCUT2D eigenvalue weighted by Crippen LogP contribution is 2.16. The number of hydrogen-bond acceptors (Lipinski definition) is 2. The molecule has 0 aliphatic carbocycles. The molecule has 0 fully saturated rings. The largest absolute Gasteiger partial charge is 0.256 e. The maximum absolute atomic E-state index is 9.20. The lowest BCUT2D eigenvalue weighted by Crippen LogP contribution is -1.87. The fourth-order valence-electron chi connectivity index (χ4n) is 1.69. The van der Waals surface area contributed by atoms with Crippen LogP contribution in [-0.4, -0.2) is 4.98 Å². The van der Waals surface area contributed by atoms with E-state index >= 15 is 0 Å². The highest BCUT2D eigenvalue weighted by atomic mass is 14.7. The Labute approximate surface area is 107 Å². The van der Waals surface area contributed by atoms with E-state index in [0.717, 1.165) is 17.5 Å². The second-order valence-electron chi connectivity index (χ2n) is 3.88. The number of hydrogen-bond donors (Lipinski definition) is 0. The van der Waals surface area contributed by atoms with E-state index in [1.54, 1.807) is 6.20 Å². The summed E-state index contributed by atoms with van der Waals surface area (Å²) >= 11 is 0. The maximum Gasteiger partial charge on any atom is 0.101 e. The van der Waals surface area contributed by atoms with E-state index in [2.05, 4.69) is 18.0 Å². The molecule has 0 unspecified atom stereocenters. The Morgan fingerprint density at radius 3 is 2.83 bits per heavy atom. The summed E-state index contributed by atoms with van der Waals surface area (Å²) in [5.74, 6) is 0. The van der Waals surface area contributed by atoms with Gasteiger partial charge in [-0.1, -0.05) is 30.3 Å². The molecule has 0 saturated heterocycles. The molecule has 2 heteroatoms. The van der Waals surface area contributed by atoms with Gasteiger partial charge in [0.1, 0.15) is 6.07 Å². The first-order valence-corrected chi connectivity index (χ1v) is 5.75. The number of rotatable bonds is 3. The normalized spacial score (nSPS) is 11.0. The molecule has 0 bridgehead atoms. The van der Waals surface area contributed by atoms with E-state index in [-0.39, 0.29) is 0 Å². The van der Waals surface area contributed by atoms with Gasteiger partial charge in [0.15, 0.2) is 0 Å².